The van der Waals surface area contributed by atoms with E-state index in [9.17, 15) is 4.79 Å². The molecule has 1 aliphatic heterocycles. The molecule has 3 fully saturated rings. The lowest BCUT2D eigenvalue weighted by Crippen LogP contribution is -2.50. The number of piperidine rings is 1. The number of carbonyl (C=O) groups excluding carboxylic acids is 1. The Hall–Kier alpha value is -0.820. The minimum absolute atomic E-state index is 0.295. The number of fused-ring (bicyclic) bond motifs is 1. The summed E-state index contributed by atoms with van der Waals surface area (Å²) in [4.78, 5) is 15.0. The quantitative estimate of drug-likeness (QED) is 0.742. The number of amides is 1. The molecule has 1 aromatic rings. The standard InChI is InChI=1S/C19H30N4OS2/c24-17(23-12-6-8-14-7-4-5-11-16(14)23)13-25-19-22-21-18(26-19)20-15-9-2-1-3-10-15/h14-16H,1-13H2,(H,20,21)/t14-,16+/m1/s1. The van der Waals surface area contributed by atoms with Gasteiger partial charge in [-0.2, -0.15) is 0 Å². The summed E-state index contributed by atoms with van der Waals surface area (Å²) in [5.41, 5.74) is 0. The van der Waals surface area contributed by atoms with Gasteiger partial charge in [0.2, 0.25) is 11.0 Å². The van der Waals surface area contributed by atoms with Gasteiger partial charge in [0.05, 0.1) is 5.75 Å². The van der Waals surface area contributed by atoms with Crippen LogP contribution in [0.1, 0.15) is 70.6 Å². The van der Waals surface area contributed by atoms with Crippen molar-refractivity contribution in [2.24, 2.45) is 5.92 Å². The first-order valence-corrected chi connectivity index (χ1v) is 12.1. The van der Waals surface area contributed by atoms with E-state index in [4.69, 9.17) is 0 Å². The molecule has 1 N–H and O–H groups in total. The molecule has 0 aromatic carbocycles. The third-order valence-electron chi connectivity index (χ3n) is 6.22. The first-order chi connectivity index (χ1) is 12.8. The summed E-state index contributed by atoms with van der Waals surface area (Å²) < 4.78 is 0.911. The van der Waals surface area contributed by atoms with Crippen LogP contribution in [0.25, 0.3) is 0 Å². The molecule has 1 aromatic heterocycles. The molecule has 5 nitrogen and oxygen atoms in total. The van der Waals surface area contributed by atoms with Crippen molar-refractivity contribution in [2.75, 3.05) is 17.6 Å². The first-order valence-electron chi connectivity index (χ1n) is 10.3. The highest BCUT2D eigenvalue weighted by Gasteiger charge is 2.35. The van der Waals surface area contributed by atoms with Gasteiger partial charge in [0.25, 0.3) is 0 Å². The van der Waals surface area contributed by atoms with Crippen molar-refractivity contribution in [1.82, 2.24) is 15.1 Å². The van der Waals surface area contributed by atoms with E-state index < -0.39 is 0 Å². The fourth-order valence-corrected chi connectivity index (χ4v) is 6.60. The largest absolute Gasteiger partial charge is 0.357 e. The van der Waals surface area contributed by atoms with Crippen LogP contribution in [0.4, 0.5) is 5.13 Å². The monoisotopic (exact) mass is 394 g/mol. The van der Waals surface area contributed by atoms with Crippen molar-refractivity contribution < 1.29 is 4.79 Å². The number of anilines is 1. The van der Waals surface area contributed by atoms with Crippen molar-refractivity contribution in [2.45, 2.75) is 87.1 Å². The molecule has 0 spiro atoms. The Kier molecular flexibility index (Phi) is 6.36. The van der Waals surface area contributed by atoms with Gasteiger partial charge in [-0.3, -0.25) is 4.79 Å². The van der Waals surface area contributed by atoms with E-state index in [1.165, 1.54) is 70.6 Å². The van der Waals surface area contributed by atoms with Gasteiger partial charge < -0.3 is 10.2 Å². The topological polar surface area (TPSA) is 58.1 Å². The average molecular weight is 395 g/mol. The number of nitrogens with zero attached hydrogens (tertiary/aromatic N) is 3. The van der Waals surface area contributed by atoms with Crippen LogP contribution < -0.4 is 5.32 Å². The van der Waals surface area contributed by atoms with Gasteiger partial charge in [-0.15, -0.1) is 10.2 Å². The molecule has 1 saturated heterocycles. The maximum Gasteiger partial charge on any atom is 0.233 e. The third kappa shape index (κ3) is 4.53. The Bertz CT molecular complexity index is 600. The van der Waals surface area contributed by atoms with Gasteiger partial charge in [0.15, 0.2) is 4.34 Å². The molecule has 2 heterocycles. The summed E-state index contributed by atoms with van der Waals surface area (Å²) in [6.07, 6.45) is 14.1. The normalized spacial score (nSPS) is 27.2. The second-order valence-corrected chi connectivity index (χ2v) is 10.2. The second-order valence-electron chi connectivity index (χ2n) is 7.98. The van der Waals surface area contributed by atoms with E-state index in [0.717, 1.165) is 21.9 Å². The van der Waals surface area contributed by atoms with E-state index in [0.29, 0.717) is 23.7 Å². The molecule has 0 bridgehead atoms. The van der Waals surface area contributed by atoms with E-state index >= 15 is 0 Å². The molecule has 3 aliphatic rings. The van der Waals surface area contributed by atoms with Gasteiger partial charge in [0.1, 0.15) is 0 Å². The fraction of sp³-hybridized carbons (Fsp3) is 0.842. The molecule has 144 valence electrons. The van der Waals surface area contributed by atoms with Crippen LogP contribution in [-0.4, -0.2) is 45.4 Å². The number of aromatic nitrogens is 2. The Balaban J connectivity index is 1.27. The minimum atomic E-state index is 0.295. The van der Waals surface area contributed by atoms with Gasteiger partial charge in [-0.1, -0.05) is 55.2 Å². The summed E-state index contributed by atoms with van der Waals surface area (Å²) in [6.45, 7) is 0.950. The van der Waals surface area contributed by atoms with E-state index in [1.54, 1.807) is 23.1 Å². The molecule has 7 heteroatoms. The Morgan fingerprint density at radius 1 is 1.04 bits per heavy atom. The number of carbonyl (C=O) groups is 1. The highest BCUT2D eigenvalue weighted by molar-refractivity contribution is 8.01. The summed E-state index contributed by atoms with van der Waals surface area (Å²) in [7, 11) is 0. The van der Waals surface area contributed by atoms with Gasteiger partial charge in [-0.05, 0) is 44.4 Å². The van der Waals surface area contributed by atoms with Crippen LogP contribution in [0.2, 0.25) is 0 Å². The minimum Gasteiger partial charge on any atom is -0.357 e. The van der Waals surface area contributed by atoms with Crippen molar-refractivity contribution in [3.8, 4) is 0 Å². The Labute approximate surface area is 164 Å². The zero-order valence-corrected chi connectivity index (χ0v) is 17.1. The molecule has 2 saturated carbocycles. The van der Waals surface area contributed by atoms with Crippen LogP contribution in [0.5, 0.6) is 0 Å². The van der Waals surface area contributed by atoms with Crippen molar-refractivity contribution in [1.29, 1.82) is 0 Å². The molecular weight excluding hydrogens is 364 g/mol. The Morgan fingerprint density at radius 3 is 2.69 bits per heavy atom. The predicted molar refractivity (Wildman–Crippen MR) is 108 cm³/mol. The Morgan fingerprint density at radius 2 is 1.81 bits per heavy atom. The lowest BCUT2D eigenvalue weighted by Gasteiger charge is -2.44. The van der Waals surface area contributed by atoms with E-state index in [1.807, 2.05) is 0 Å². The smallest absolute Gasteiger partial charge is 0.233 e. The summed E-state index contributed by atoms with van der Waals surface area (Å²) in [6, 6.07) is 1.05. The van der Waals surface area contributed by atoms with Crippen LogP contribution in [0.3, 0.4) is 0 Å². The summed E-state index contributed by atoms with van der Waals surface area (Å²) in [5.74, 6) is 1.55. The first kappa shape index (κ1) is 18.5. The summed E-state index contributed by atoms with van der Waals surface area (Å²) in [5, 5.41) is 13.0. The lowest BCUT2D eigenvalue weighted by atomic mass is 9.78. The molecular formula is C19H30N4OS2. The van der Waals surface area contributed by atoms with Crippen molar-refractivity contribution in [3.63, 3.8) is 0 Å². The van der Waals surface area contributed by atoms with Crippen LogP contribution in [0.15, 0.2) is 4.34 Å². The third-order valence-corrected chi connectivity index (χ3v) is 8.19. The van der Waals surface area contributed by atoms with E-state index in [-0.39, 0.29) is 0 Å². The number of thioether (sulfide) groups is 1. The van der Waals surface area contributed by atoms with Gasteiger partial charge >= 0.3 is 0 Å². The number of rotatable bonds is 5. The van der Waals surface area contributed by atoms with E-state index in [2.05, 4.69) is 20.4 Å². The molecule has 4 rings (SSSR count). The zero-order valence-electron chi connectivity index (χ0n) is 15.5. The predicted octanol–water partition coefficient (Wildman–Crippen LogP) is 4.56. The molecule has 0 unspecified atom stereocenters. The average Bonchev–Trinajstić information content (AvgIpc) is 3.14. The maximum atomic E-state index is 12.8. The molecule has 2 aliphatic carbocycles. The molecule has 0 radical (unpaired) electrons. The van der Waals surface area contributed by atoms with Crippen molar-refractivity contribution in [3.05, 3.63) is 0 Å². The maximum absolute atomic E-state index is 12.8. The lowest BCUT2D eigenvalue weighted by molar-refractivity contribution is -0.134. The number of nitrogens with one attached hydrogen (secondary N) is 1. The van der Waals surface area contributed by atoms with Crippen LogP contribution >= 0.6 is 23.1 Å². The number of likely N-dealkylation sites (tertiary alicyclic amines) is 1. The molecule has 26 heavy (non-hydrogen) atoms. The van der Waals surface area contributed by atoms with Gasteiger partial charge in [0, 0.05) is 18.6 Å². The SMILES string of the molecule is O=C(CSc1nnc(NC2CCCCC2)s1)N1CCC[C@H]2CCCC[C@@H]21. The second kappa shape index (κ2) is 8.91. The molecule has 2 atom stereocenters. The number of hydrogen-bond acceptors (Lipinski definition) is 6. The number of hydrogen-bond donors (Lipinski definition) is 1. The van der Waals surface area contributed by atoms with Crippen LogP contribution in [-0.2, 0) is 4.79 Å². The highest BCUT2D eigenvalue weighted by atomic mass is 32.2. The van der Waals surface area contributed by atoms with Crippen LogP contribution in [0, 0.1) is 5.92 Å². The van der Waals surface area contributed by atoms with Crippen molar-refractivity contribution >= 4 is 34.1 Å². The van der Waals surface area contributed by atoms with Gasteiger partial charge in [-0.25, -0.2) is 0 Å². The zero-order chi connectivity index (χ0) is 17.8. The molecule has 1 amide bonds. The fourth-order valence-electron chi connectivity index (χ4n) is 4.89. The highest BCUT2D eigenvalue weighted by Crippen LogP contribution is 2.36. The summed E-state index contributed by atoms with van der Waals surface area (Å²) >= 11 is 3.15.